The molecule has 6 nitrogen and oxygen atoms in total. The van der Waals surface area contributed by atoms with E-state index < -0.39 is 18.0 Å². The molecule has 1 aromatic heterocycles. The van der Waals surface area contributed by atoms with E-state index in [1.807, 2.05) is 91.9 Å². The van der Waals surface area contributed by atoms with Crippen LogP contribution in [0, 0.1) is 0 Å². The van der Waals surface area contributed by atoms with E-state index in [4.69, 9.17) is 9.82 Å². The third-order valence-electron chi connectivity index (χ3n) is 6.09. The first-order valence-corrected chi connectivity index (χ1v) is 11.7. The maximum Gasteiger partial charge on any atom is 0.303 e. The molecule has 0 unspecified atom stereocenters. The van der Waals surface area contributed by atoms with E-state index in [1.54, 1.807) is 6.07 Å². The van der Waals surface area contributed by atoms with Gasteiger partial charge in [-0.15, -0.1) is 0 Å². The molecule has 0 saturated carbocycles. The number of carbonyl (C=O) groups excluding carboxylic acids is 1. The van der Waals surface area contributed by atoms with Gasteiger partial charge in [-0.05, 0) is 30.5 Å². The molecule has 0 saturated heterocycles. The van der Waals surface area contributed by atoms with Gasteiger partial charge in [0.2, 0.25) is 0 Å². The van der Waals surface area contributed by atoms with Gasteiger partial charge in [0.1, 0.15) is 0 Å². The molecule has 0 spiro atoms. The van der Waals surface area contributed by atoms with E-state index in [9.17, 15) is 14.7 Å². The molecule has 2 N–H and O–H groups in total. The summed E-state index contributed by atoms with van der Waals surface area (Å²) in [7, 11) is 0. The molecule has 0 fully saturated rings. The van der Waals surface area contributed by atoms with E-state index >= 15 is 0 Å². The third kappa shape index (κ3) is 5.91. The van der Waals surface area contributed by atoms with Crippen LogP contribution in [-0.4, -0.2) is 28.1 Å². The van der Waals surface area contributed by atoms with Gasteiger partial charge in [-0.25, -0.2) is 10.5 Å². The number of hydroxylamine groups is 1. The molecule has 4 rings (SSSR count). The topological polar surface area (TPSA) is 88.5 Å². The lowest BCUT2D eigenvalue weighted by molar-refractivity contribution is -0.138. The lowest BCUT2D eigenvalue weighted by atomic mass is 9.88. The van der Waals surface area contributed by atoms with Gasteiger partial charge in [0, 0.05) is 23.3 Å². The molecule has 178 valence electrons. The number of rotatable bonds is 10. The van der Waals surface area contributed by atoms with Crippen molar-refractivity contribution >= 4 is 22.8 Å². The SMILES string of the molecule is CC[C@@H](c1ccccc1)[C@H](CCC(=O)O)ONC(=O)c1cc(-c2ccccc2)nc2ccccc12. The van der Waals surface area contributed by atoms with E-state index in [2.05, 4.69) is 5.48 Å². The van der Waals surface area contributed by atoms with Crippen molar-refractivity contribution in [2.24, 2.45) is 0 Å². The molecule has 1 amide bonds. The van der Waals surface area contributed by atoms with Gasteiger partial charge in [0.15, 0.2) is 0 Å². The zero-order valence-corrected chi connectivity index (χ0v) is 19.6. The van der Waals surface area contributed by atoms with Crippen LogP contribution in [0.2, 0.25) is 0 Å². The van der Waals surface area contributed by atoms with Gasteiger partial charge in [-0.1, -0.05) is 85.8 Å². The lowest BCUT2D eigenvalue weighted by Crippen LogP contribution is -2.34. The van der Waals surface area contributed by atoms with Gasteiger partial charge >= 0.3 is 5.97 Å². The second kappa shape index (κ2) is 11.4. The van der Waals surface area contributed by atoms with E-state index in [1.165, 1.54) is 0 Å². The highest BCUT2D eigenvalue weighted by Gasteiger charge is 2.25. The maximum atomic E-state index is 13.4. The summed E-state index contributed by atoms with van der Waals surface area (Å²) < 4.78 is 0. The monoisotopic (exact) mass is 468 g/mol. The van der Waals surface area contributed by atoms with Crippen LogP contribution in [-0.2, 0) is 9.63 Å². The van der Waals surface area contributed by atoms with Crippen LogP contribution in [0.1, 0.15) is 48.0 Å². The highest BCUT2D eigenvalue weighted by atomic mass is 16.7. The number of aliphatic carboxylic acids is 1. The van der Waals surface area contributed by atoms with Gasteiger partial charge in [0.05, 0.1) is 22.9 Å². The number of pyridine rings is 1. The Hall–Kier alpha value is -4.03. The predicted octanol–water partition coefficient (Wildman–Crippen LogP) is 5.99. The molecular formula is C29H28N2O4. The lowest BCUT2D eigenvalue weighted by Gasteiger charge is -2.26. The number of aromatic nitrogens is 1. The number of carbonyl (C=O) groups is 2. The van der Waals surface area contributed by atoms with Crippen molar-refractivity contribution < 1.29 is 19.5 Å². The summed E-state index contributed by atoms with van der Waals surface area (Å²) in [6.07, 6.45) is 0.458. The summed E-state index contributed by atoms with van der Waals surface area (Å²) in [4.78, 5) is 35.3. The predicted molar refractivity (Wildman–Crippen MR) is 136 cm³/mol. The smallest absolute Gasteiger partial charge is 0.303 e. The molecule has 4 aromatic rings. The molecule has 35 heavy (non-hydrogen) atoms. The summed E-state index contributed by atoms with van der Waals surface area (Å²) >= 11 is 0. The fourth-order valence-electron chi connectivity index (χ4n) is 4.33. The van der Waals surface area contributed by atoms with Crippen molar-refractivity contribution in [2.75, 3.05) is 0 Å². The standard InChI is InChI=1S/C29H28N2O4/c1-2-22(20-11-5-3-6-12-20)27(17-18-28(32)33)35-31-29(34)24-19-26(21-13-7-4-8-14-21)30-25-16-10-9-15-23(24)25/h3-16,19,22,27H,2,17-18H2,1H3,(H,31,34)(H,32,33)/t22-,27-/m0/s1. The molecule has 3 aromatic carbocycles. The number of amides is 1. The Labute approximate surface area is 204 Å². The van der Waals surface area contributed by atoms with E-state index in [0.29, 0.717) is 22.2 Å². The quantitative estimate of drug-likeness (QED) is 0.279. The molecule has 0 radical (unpaired) electrons. The van der Waals surface area contributed by atoms with Crippen LogP contribution in [0.3, 0.4) is 0 Å². The molecule has 0 aliphatic rings. The van der Waals surface area contributed by atoms with E-state index in [0.717, 1.165) is 17.5 Å². The second-order valence-corrected chi connectivity index (χ2v) is 8.38. The number of hydrogen-bond acceptors (Lipinski definition) is 4. The molecule has 0 aliphatic carbocycles. The van der Waals surface area contributed by atoms with Crippen LogP contribution < -0.4 is 5.48 Å². The zero-order valence-electron chi connectivity index (χ0n) is 19.6. The Morgan fingerprint density at radius 1 is 0.943 bits per heavy atom. The molecule has 1 heterocycles. The summed E-state index contributed by atoms with van der Waals surface area (Å²) in [5.41, 5.74) is 6.40. The Morgan fingerprint density at radius 3 is 2.29 bits per heavy atom. The highest BCUT2D eigenvalue weighted by molar-refractivity contribution is 6.06. The van der Waals surface area contributed by atoms with Crippen molar-refractivity contribution in [2.45, 2.75) is 38.2 Å². The minimum Gasteiger partial charge on any atom is -0.481 e. The Morgan fingerprint density at radius 2 is 1.60 bits per heavy atom. The van der Waals surface area contributed by atoms with E-state index in [-0.39, 0.29) is 18.8 Å². The molecule has 6 heteroatoms. The number of hydrogen-bond donors (Lipinski definition) is 2. The summed E-state index contributed by atoms with van der Waals surface area (Å²) in [6.45, 7) is 2.03. The molecular weight excluding hydrogens is 440 g/mol. The number of carboxylic acid groups (broad SMARTS) is 1. The number of benzene rings is 3. The Balaban J connectivity index is 1.62. The van der Waals surface area contributed by atoms with Gasteiger partial charge in [-0.3, -0.25) is 14.4 Å². The third-order valence-corrected chi connectivity index (χ3v) is 6.09. The Kier molecular flexibility index (Phi) is 7.85. The summed E-state index contributed by atoms with van der Waals surface area (Å²) in [6, 6.07) is 28.7. The normalized spacial score (nSPS) is 12.7. The number of fused-ring (bicyclic) bond motifs is 1. The van der Waals surface area contributed by atoms with Crippen molar-refractivity contribution in [1.82, 2.24) is 10.5 Å². The average molecular weight is 469 g/mol. The fraction of sp³-hybridized carbons (Fsp3) is 0.207. The molecule has 2 atom stereocenters. The van der Waals surface area contributed by atoms with Crippen molar-refractivity contribution in [3.05, 3.63) is 102 Å². The van der Waals surface area contributed by atoms with Crippen molar-refractivity contribution in [1.29, 1.82) is 0 Å². The van der Waals surface area contributed by atoms with Crippen LogP contribution >= 0.6 is 0 Å². The number of nitrogens with one attached hydrogen (secondary N) is 1. The Bertz CT molecular complexity index is 1290. The summed E-state index contributed by atoms with van der Waals surface area (Å²) in [5, 5.41) is 9.96. The zero-order chi connectivity index (χ0) is 24.6. The fourth-order valence-corrected chi connectivity index (χ4v) is 4.33. The molecule has 0 aliphatic heterocycles. The van der Waals surface area contributed by atoms with Gasteiger partial charge in [-0.2, -0.15) is 0 Å². The largest absolute Gasteiger partial charge is 0.481 e. The number of para-hydroxylation sites is 1. The highest BCUT2D eigenvalue weighted by Crippen LogP contribution is 2.29. The van der Waals surface area contributed by atoms with Crippen LogP contribution in [0.5, 0.6) is 0 Å². The first-order chi connectivity index (χ1) is 17.1. The van der Waals surface area contributed by atoms with Crippen LogP contribution in [0.25, 0.3) is 22.2 Å². The minimum absolute atomic E-state index is 0.0553. The first kappa shape index (κ1) is 24.1. The number of nitrogens with zero attached hydrogens (tertiary/aromatic N) is 1. The minimum atomic E-state index is -0.902. The van der Waals surface area contributed by atoms with Crippen molar-refractivity contribution in [3.63, 3.8) is 0 Å². The summed E-state index contributed by atoms with van der Waals surface area (Å²) in [5.74, 6) is -1.37. The second-order valence-electron chi connectivity index (χ2n) is 8.38. The van der Waals surface area contributed by atoms with Gasteiger partial charge in [0.25, 0.3) is 5.91 Å². The van der Waals surface area contributed by atoms with Crippen molar-refractivity contribution in [3.8, 4) is 11.3 Å². The first-order valence-electron chi connectivity index (χ1n) is 11.7. The van der Waals surface area contributed by atoms with Crippen LogP contribution in [0.4, 0.5) is 0 Å². The maximum absolute atomic E-state index is 13.4. The van der Waals surface area contributed by atoms with Gasteiger partial charge < -0.3 is 5.11 Å². The average Bonchev–Trinajstić information content (AvgIpc) is 2.90. The van der Waals surface area contributed by atoms with Crippen LogP contribution in [0.15, 0.2) is 91.0 Å². The molecule has 0 bridgehead atoms. The number of carboxylic acids is 1.